The van der Waals surface area contributed by atoms with Gasteiger partial charge in [-0.25, -0.2) is 8.42 Å². The van der Waals surface area contributed by atoms with Crippen LogP contribution in [0.3, 0.4) is 0 Å². The molecule has 1 amide bonds. The zero-order valence-corrected chi connectivity index (χ0v) is 13.8. The van der Waals surface area contributed by atoms with Crippen LogP contribution in [0, 0.1) is 0 Å². The van der Waals surface area contributed by atoms with Gasteiger partial charge in [0.05, 0.1) is 16.5 Å². The molecule has 112 valence electrons. The maximum atomic E-state index is 12.6. The third-order valence-corrected chi connectivity index (χ3v) is 7.22. The van der Waals surface area contributed by atoms with E-state index in [1.807, 2.05) is 24.3 Å². The molecule has 1 atom stereocenters. The van der Waals surface area contributed by atoms with E-state index < -0.39 is 9.84 Å². The highest BCUT2D eigenvalue weighted by molar-refractivity contribution is 7.91. The first kappa shape index (κ1) is 14.8. The van der Waals surface area contributed by atoms with Gasteiger partial charge in [0.25, 0.3) is 5.91 Å². The fourth-order valence-corrected chi connectivity index (χ4v) is 5.83. The van der Waals surface area contributed by atoms with Crippen LogP contribution in [0.15, 0.2) is 24.3 Å². The Morgan fingerprint density at radius 1 is 1.38 bits per heavy atom. The predicted octanol–water partition coefficient (Wildman–Crippen LogP) is 2.81. The van der Waals surface area contributed by atoms with Crippen molar-refractivity contribution in [2.75, 3.05) is 18.6 Å². The van der Waals surface area contributed by atoms with E-state index in [2.05, 4.69) is 0 Å². The molecule has 2 aromatic rings. The number of benzene rings is 1. The van der Waals surface area contributed by atoms with Crippen molar-refractivity contribution < 1.29 is 13.2 Å². The first-order valence-corrected chi connectivity index (χ1v) is 9.55. The number of amides is 1. The third kappa shape index (κ3) is 2.67. The first-order chi connectivity index (χ1) is 9.89. The van der Waals surface area contributed by atoms with Crippen LogP contribution >= 0.6 is 22.9 Å². The monoisotopic (exact) mass is 343 g/mol. The standard InChI is InChI=1S/C14H14ClNO3S2/c1-16(9-6-7-21(18,19)8-9)14(17)13-12(15)10-4-2-3-5-11(10)20-13/h2-5,9H,6-8H2,1H3/t9-/m1/s1. The largest absolute Gasteiger partial charge is 0.337 e. The summed E-state index contributed by atoms with van der Waals surface area (Å²) >= 11 is 7.65. The predicted molar refractivity (Wildman–Crippen MR) is 86.0 cm³/mol. The molecular weight excluding hydrogens is 330 g/mol. The van der Waals surface area contributed by atoms with E-state index in [0.29, 0.717) is 16.3 Å². The highest BCUT2D eigenvalue weighted by atomic mass is 35.5. The van der Waals surface area contributed by atoms with Crippen molar-refractivity contribution >= 4 is 48.8 Å². The second-order valence-corrected chi connectivity index (χ2v) is 8.87. The molecule has 3 rings (SSSR count). The molecule has 1 aliphatic heterocycles. The Hall–Kier alpha value is -1.11. The minimum Gasteiger partial charge on any atom is -0.337 e. The van der Waals surface area contributed by atoms with E-state index in [-0.39, 0.29) is 23.5 Å². The second-order valence-electron chi connectivity index (χ2n) is 5.21. The Morgan fingerprint density at radius 3 is 2.71 bits per heavy atom. The highest BCUT2D eigenvalue weighted by Gasteiger charge is 2.34. The smallest absolute Gasteiger partial charge is 0.265 e. The molecule has 0 N–H and O–H groups in total. The molecule has 1 aliphatic rings. The topological polar surface area (TPSA) is 54.5 Å². The molecule has 1 aromatic heterocycles. The van der Waals surface area contributed by atoms with Crippen molar-refractivity contribution in [3.8, 4) is 0 Å². The van der Waals surface area contributed by atoms with Crippen molar-refractivity contribution in [2.24, 2.45) is 0 Å². The van der Waals surface area contributed by atoms with Gasteiger partial charge in [0.2, 0.25) is 0 Å². The summed E-state index contributed by atoms with van der Waals surface area (Å²) in [5.41, 5.74) is 0. The van der Waals surface area contributed by atoms with Crippen molar-refractivity contribution in [1.29, 1.82) is 0 Å². The minimum absolute atomic E-state index is 0.0394. The molecule has 4 nitrogen and oxygen atoms in total. The van der Waals surface area contributed by atoms with Crippen LogP contribution in [-0.2, 0) is 9.84 Å². The van der Waals surface area contributed by atoms with Gasteiger partial charge in [-0.1, -0.05) is 29.8 Å². The number of nitrogens with zero attached hydrogens (tertiary/aromatic N) is 1. The molecule has 0 saturated carbocycles. The Labute approximate surface area is 132 Å². The summed E-state index contributed by atoms with van der Waals surface area (Å²) in [6.07, 6.45) is 0.493. The zero-order chi connectivity index (χ0) is 15.2. The number of halogens is 1. The molecule has 0 bridgehead atoms. The highest BCUT2D eigenvalue weighted by Crippen LogP contribution is 2.36. The van der Waals surface area contributed by atoms with Gasteiger partial charge < -0.3 is 4.90 Å². The molecule has 1 fully saturated rings. The lowest BCUT2D eigenvalue weighted by Crippen LogP contribution is -2.37. The molecule has 0 radical (unpaired) electrons. The first-order valence-electron chi connectivity index (χ1n) is 6.53. The van der Waals surface area contributed by atoms with E-state index in [0.717, 1.165) is 10.1 Å². The van der Waals surface area contributed by atoms with Crippen LogP contribution < -0.4 is 0 Å². The normalized spacial score (nSPS) is 20.8. The van der Waals surface area contributed by atoms with Gasteiger partial charge in [-0.3, -0.25) is 4.79 Å². The van der Waals surface area contributed by atoms with E-state index in [9.17, 15) is 13.2 Å². The number of carbonyl (C=O) groups is 1. The fourth-order valence-electron chi connectivity index (χ4n) is 2.56. The lowest BCUT2D eigenvalue weighted by molar-refractivity contribution is 0.0753. The summed E-state index contributed by atoms with van der Waals surface area (Å²) in [6, 6.07) is 7.32. The van der Waals surface area contributed by atoms with E-state index >= 15 is 0 Å². The summed E-state index contributed by atoms with van der Waals surface area (Å²) in [7, 11) is -1.37. The van der Waals surface area contributed by atoms with Crippen molar-refractivity contribution in [1.82, 2.24) is 4.90 Å². The molecule has 21 heavy (non-hydrogen) atoms. The van der Waals surface area contributed by atoms with Gasteiger partial charge in [0.1, 0.15) is 4.88 Å². The summed E-state index contributed by atoms with van der Waals surface area (Å²) < 4.78 is 24.1. The SMILES string of the molecule is CN(C(=O)c1sc2ccccc2c1Cl)[C@@H]1CCS(=O)(=O)C1. The average molecular weight is 344 g/mol. The van der Waals surface area contributed by atoms with Gasteiger partial charge in [-0.05, 0) is 12.5 Å². The zero-order valence-electron chi connectivity index (χ0n) is 11.4. The van der Waals surface area contributed by atoms with Crippen LogP contribution in [0.4, 0.5) is 0 Å². The number of hydrogen-bond acceptors (Lipinski definition) is 4. The molecule has 1 aromatic carbocycles. The Kier molecular flexibility index (Phi) is 3.71. The Morgan fingerprint density at radius 2 is 2.10 bits per heavy atom. The van der Waals surface area contributed by atoms with Crippen LogP contribution in [0.2, 0.25) is 5.02 Å². The van der Waals surface area contributed by atoms with Crippen molar-refractivity contribution in [3.05, 3.63) is 34.2 Å². The van der Waals surface area contributed by atoms with Crippen LogP contribution in [0.1, 0.15) is 16.1 Å². The lowest BCUT2D eigenvalue weighted by Gasteiger charge is -2.22. The molecule has 0 spiro atoms. The summed E-state index contributed by atoms with van der Waals surface area (Å²) in [5, 5.41) is 1.31. The Balaban J connectivity index is 1.92. The quantitative estimate of drug-likeness (QED) is 0.842. The number of carbonyl (C=O) groups excluding carboxylic acids is 1. The molecule has 0 aliphatic carbocycles. The molecule has 1 saturated heterocycles. The van der Waals surface area contributed by atoms with E-state index in [1.165, 1.54) is 16.2 Å². The number of thiophene rings is 1. The lowest BCUT2D eigenvalue weighted by atomic mass is 10.2. The maximum Gasteiger partial charge on any atom is 0.265 e. The fraction of sp³-hybridized carbons (Fsp3) is 0.357. The van der Waals surface area contributed by atoms with Gasteiger partial charge in [-0.2, -0.15) is 0 Å². The molecule has 0 unspecified atom stereocenters. The van der Waals surface area contributed by atoms with Crippen molar-refractivity contribution in [2.45, 2.75) is 12.5 Å². The minimum atomic E-state index is -3.01. The molecule has 2 heterocycles. The van der Waals surface area contributed by atoms with Crippen LogP contribution in [0.5, 0.6) is 0 Å². The number of rotatable bonds is 2. The molecule has 7 heteroatoms. The van der Waals surface area contributed by atoms with Gasteiger partial charge >= 0.3 is 0 Å². The van der Waals surface area contributed by atoms with E-state index in [4.69, 9.17) is 11.6 Å². The van der Waals surface area contributed by atoms with Crippen LogP contribution in [0.25, 0.3) is 10.1 Å². The van der Waals surface area contributed by atoms with Crippen LogP contribution in [-0.4, -0.2) is 43.8 Å². The summed E-state index contributed by atoms with van der Waals surface area (Å²) in [6.45, 7) is 0. The van der Waals surface area contributed by atoms with Gasteiger partial charge in [0, 0.05) is 23.2 Å². The Bertz CT molecular complexity index is 813. The number of hydrogen-bond donors (Lipinski definition) is 0. The second kappa shape index (κ2) is 5.26. The summed E-state index contributed by atoms with van der Waals surface area (Å²) in [4.78, 5) is 14.6. The van der Waals surface area contributed by atoms with Gasteiger partial charge in [-0.15, -0.1) is 11.3 Å². The maximum absolute atomic E-state index is 12.6. The molecular formula is C14H14ClNO3S2. The van der Waals surface area contributed by atoms with Gasteiger partial charge in [0.15, 0.2) is 9.84 Å². The third-order valence-electron chi connectivity index (χ3n) is 3.81. The number of fused-ring (bicyclic) bond motifs is 1. The average Bonchev–Trinajstić information content (AvgIpc) is 2.98. The number of sulfone groups is 1. The van der Waals surface area contributed by atoms with Crippen molar-refractivity contribution in [3.63, 3.8) is 0 Å². The summed E-state index contributed by atoms with van der Waals surface area (Å²) in [5.74, 6) is -0.0176. The van der Waals surface area contributed by atoms with E-state index in [1.54, 1.807) is 7.05 Å².